The van der Waals surface area contributed by atoms with Gasteiger partial charge in [0.15, 0.2) is 23.9 Å². The number of benzene rings is 2. The molecule has 1 N–H and O–H groups in total. The number of non-ortho nitro benzene ring substituents is 1. The Bertz CT molecular complexity index is 1240. The third-order valence-electron chi connectivity index (χ3n) is 4.21. The number of methoxy groups -OCH3 is 1. The van der Waals surface area contributed by atoms with E-state index in [2.05, 4.69) is 31.2 Å². The lowest BCUT2D eigenvalue weighted by Gasteiger charge is -2.13. The molecule has 33 heavy (non-hydrogen) atoms. The average molecular weight is 520 g/mol. The smallest absolute Gasteiger partial charge is 0.343 e. The summed E-state index contributed by atoms with van der Waals surface area (Å²) in [7, 11) is 1.26. The Morgan fingerprint density at radius 3 is 2.73 bits per heavy atom. The topological polar surface area (TPSA) is 142 Å². The number of hydrazone groups is 1. The Labute approximate surface area is 195 Å². The van der Waals surface area contributed by atoms with Crippen molar-refractivity contribution in [2.75, 3.05) is 20.3 Å². The number of halogens is 1. The largest absolute Gasteiger partial charge is 0.490 e. The number of hydrogen-bond donors (Lipinski definition) is 1. The van der Waals surface area contributed by atoms with Crippen LogP contribution < -0.4 is 14.9 Å². The zero-order valence-electron chi connectivity index (χ0n) is 17.5. The van der Waals surface area contributed by atoms with Crippen molar-refractivity contribution in [2.45, 2.75) is 6.92 Å². The maximum Gasteiger partial charge on any atom is 0.343 e. The number of furan rings is 1. The Hall–Kier alpha value is -3.93. The van der Waals surface area contributed by atoms with Crippen LogP contribution in [0.5, 0.6) is 11.5 Å². The van der Waals surface area contributed by atoms with Gasteiger partial charge in [-0.2, -0.15) is 5.10 Å². The van der Waals surface area contributed by atoms with Gasteiger partial charge in [-0.15, -0.1) is 0 Å². The monoisotopic (exact) mass is 519 g/mol. The first-order chi connectivity index (χ1) is 15.8. The minimum absolute atomic E-state index is 0.0506. The Kier molecular flexibility index (Phi) is 7.61. The predicted molar refractivity (Wildman–Crippen MR) is 121 cm³/mol. The van der Waals surface area contributed by atoms with Crippen LogP contribution in [-0.4, -0.2) is 43.3 Å². The number of nitrogens with zero attached hydrogens (tertiary/aromatic N) is 2. The van der Waals surface area contributed by atoms with Crippen molar-refractivity contribution in [2.24, 2.45) is 5.10 Å². The van der Waals surface area contributed by atoms with Crippen LogP contribution in [0.25, 0.3) is 11.0 Å². The Balaban J connectivity index is 1.73. The maximum atomic E-state index is 12.3. The molecule has 2 aromatic carbocycles. The quantitative estimate of drug-likeness (QED) is 0.194. The standard InChI is InChI=1S/C21H18BrN3O8/c1-3-31-17-7-12(6-15(22)20(17)32-11-19(26)30-2)10-23-24-21(27)18-9-13-8-14(25(28)29)4-5-16(13)33-18/h4-10H,3,11H2,1-2H3,(H,24,27)/b23-10-. The van der Waals surface area contributed by atoms with Crippen LogP contribution in [0.1, 0.15) is 23.0 Å². The second-order valence-electron chi connectivity index (χ2n) is 6.42. The van der Waals surface area contributed by atoms with Crippen LogP contribution >= 0.6 is 15.9 Å². The molecule has 0 unspecified atom stereocenters. The summed E-state index contributed by atoms with van der Waals surface area (Å²) in [6, 6.07) is 8.70. The van der Waals surface area contributed by atoms with Crippen LogP contribution in [-0.2, 0) is 9.53 Å². The number of nitro benzene ring substituents is 1. The van der Waals surface area contributed by atoms with Crippen LogP contribution in [0.2, 0.25) is 0 Å². The first-order valence-electron chi connectivity index (χ1n) is 9.49. The van der Waals surface area contributed by atoms with E-state index in [0.717, 1.165) is 0 Å². The third-order valence-corrected chi connectivity index (χ3v) is 4.80. The molecule has 0 saturated heterocycles. The number of amides is 1. The number of esters is 1. The van der Waals surface area contributed by atoms with Gasteiger partial charge in [-0.1, -0.05) is 0 Å². The SMILES string of the molecule is CCOc1cc(/C=N\NC(=O)c2cc3cc([N+](=O)[O-])ccc3o2)cc(Br)c1OCC(=O)OC. The van der Waals surface area contributed by atoms with Gasteiger partial charge in [0.25, 0.3) is 5.69 Å². The highest BCUT2D eigenvalue weighted by Crippen LogP contribution is 2.36. The number of fused-ring (bicyclic) bond motifs is 1. The van der Waals surface area contributed by atoms with Crippen molar-refractivity contribution >= 4 is 50.7 Å². The lowest BCUT2D eigenvalue weighted by molar-refractivity contribution is -0.384. The van der Waals surface area contributed by atoms with Crippen LogP contribution in [0.15, 0.2) is 50.4 Å². The second kappa shape index (κ2) is 10.6. The molecule has 12 heteroatoms. The van der Waals surface area contributed by atoms with Crippen LogP contribution in [0.3, 0.4) is 0 Å². The van der Waals surface area contributed by atoms with E-state index in [1.165, 1.54) is 37.6 Å². The summed E-state index contributed by atoms with van der Waals surface area (Å²) >= 11 is 3.36. The van der Waals surface area contributed by atoms with Gasteiger partial charge in [0.1, 0.15) is 5.58 Å². The van der Waals surface area contributed by atoms with Crippen molar-refractivity contribution < 1.29 is 33.1 Å². The van der Waals surface area contributed by atoms with Crippen molar-refractivity contribution in [3.05, 3.63) is 62.3 Å². The summed E-state index contributed by atoms with van der Waals surface area (Å²) in [5, 5.41) is 15.2. The lowest BCUT2D eigenvalue weighted by Crippen LogP contribution is -2.16. The minimum atomic E-state index is -0.632. The summed E-state index contributed by atoms with van der Waals surface area (Å²) in [4.78, 5) is 34.1. The molecule has 0 radical (unpaired) electrons. The van der Waals surface area contributed by atoms with Crippen molar-refractivity contribution in [1.29, 1.82) is 0 Å². The maximum absolute atomic E-state index is 12.3. The number of hydrogen-bond acceptors (Lipinski definition) is 9. The number of ether oxygens (including phenoxy) is 3. The second-order valence-corrected chi connectivity index (χ2v) is 7.27. The molecule has 1 heterocycles. The van der Waals surface area contributed by atoms with Gasteiger partial charge in [-0.05, 0) is 52.7 Å². The van der Waals surface area contributed by atoms with E-state index in [9.17, 15) is 19.7 Å². The zero-order valence-corrected chi connectivity index (χ0v) is 19.1. The van der Waals surface area contributed by atoms with E-state index in [1.54, 1.807) is 19.1 Å². The normalized spacial score (nSPS) is 10.9. The summed E-state index contributed by atoms with van der Waals surface area (Å²) in [5.41, 5.74) is 3.13. The summed E-state index contributed by atoms with van der Waals surface area (Å²) < 4.78 is 21.5. The predicted octanol–water partition coefficient (Wildman–Crippen LogP) is 3.82. The molecule has 0 aliphatic rings. The van der Waals surface area contributed by atoms with Gasteiger partial charge in [0.05, 0.1) is 29.3 Å². The van der Waals surface area contributed by atoms with E-state index in [4.69, 9.17) is 13.9 Å². The fourth-order valence-electron chi connectivity index (χ4n) is 2.73. The Morgan fingerprint density at radius 2 is 2.03 bits per heavy atom. The number of nitro groups is 1. The highest BCUT2D eigenvalue weighted by molar-refractivity contribution is 9.10. The lowest BCUT2D eigenvalue weighted by atomic mass is 10.2. The van der Waals surface area contributed by atoms with Gasteiger partial charge >= 0.3 is 11.9 Å². The minimum Gasteiger partial charge on any atom is -0.490 e. The highest BCUT2D eigenvalue weighted by atomic mass is 79.9. The molecule has 3 aromatic rings. The number of carbonyl (C=O) groups excluding carboxylic acids is 2. The Morgan fingerprint density at radius 1 is 1.24 bits per heavy atom. The summed E-state index contributed by atoms with van der Waals surface area (Å²) in [6.07, 6.45) is 1.38. The van der Waals surface area contributed by atoms with Crippen molar-refractivity contribution in [1.82, 2.24) is 5.43 Å². The van der Waals surface area contributed by atoms with Crippen LogP contribution in [0.4, 0.5) is 5.69 Å². The molecular weight excluding hydrogens is 502 g/mol. The fourth-order valence-corrected chi connectivity index (χ4v) is 3.31. The third kappa shape index (κ3) is 5.86. The number of nitrogens with one attached hydrogen (secondary N) is 1. The molecule has 172 valence electrons. The fraction of sp³-hybridized carbons (Fsp3) is 0.190. The van der Waals surface area contributed by atoms with E-state index >= 15 is 0 Å². The van der Waals surface area contributed by atoms with Gasteiger partial charge < -0.3 is 18.6 Å². The van der Waals surface area contributed by atoms with Crippen LogP contribution in [0, 0.1) is 10.1 Å². The first kappa shape index (κ1) is 23.7. The van der Waals surface area contributed by atoms with E-state index in [0.29, 0.717) is 39.1 Å². The van der Waals surface area contributed by atoms with Gasteiger partial charge in [0.2, 0.25) is 0 Å². The summed E-state index contributed by atoms with van der Waals surface area (Å²) in [5.74, 6) is -0.544. The van der Waals surface area contributed by atoms with Gasteiger partial charge in [-0.3, -0.25) is 14.9 Å². The number of rotatable bonds is 9. The van der Waals surface area contributed by atoms with E-state index in [1.807, 2.05) is 0 Å². The highest BCUT2D eigenvalue weighted by Gasteiger charge is 2.16. The molecule has 0 aliphatic carbocycles. The molecule has 0 spiro atoms. The molecule has 0 aliphatic heterocycles. The van der Waals surface area contributed by atoms with Gasteiger partial charge in [0, 0.05) is 17.5 Å². The molecule has 1 amide bonds. The van der Waals surface area contributed by atoms with E-state index in [-0.39, 0.29) is 18.1 Å². The average Bonchev–Trinajstić information content (AvgIpc) is 3.22. The molecule has 1 aromatic heterocycles. The number of carbonyl (C=O) groups is 2. The zero-order chi connectivity index (χ0) is 24.0. The van der Waals surface area contributed by atoms with Crippen molar-refractivity contribution in [3.8, 4) is 11.5 Å². The van der Waals surface area contributed by atoms with E-state index < -0.39 is 16.8 Å². The molecule has 0 bridgehead atoms. The molecule has 0 saturated carbocycles. The first-order valence-corrected chi connectivity index (χ1v) is 10.3. The molecule has 11 nitrogen and oxygen atoms in total. The molecular formula is C21H18BrN3O8. The molecule has 0 fully saturated rings. The van der Waals surface area contributed by atoms with Gasteiger partial charge in [-0.25, -0.2) is 10.2 Å². The van der Waals surface area contributed by atoms with Crippen molar-refractivity contribution in [3.63, 3.8) is 0 Å². The molecule has 0 atom stereocenters. The summed E-state index contributed by atoms with van der Waals surface area (Å²) in [6.45, 7) is 1.85. The molecule has 3 rings (SSSR count).